The highest BCUT2D eigenvalue weighted by molar-refractivity contribution is 5.97. The van der Waals surface area contributed by atoms with Gasteiger partial charge in [0, 0.05) is 23.9 Å². The van der Waals surface area contributed by atoms with Gasteiger partial charge in [-0.3, -0.25) is 9.59 Å². The molecule has 0 fully saturated rings. The van der Waals surface area contributed by atoms with Crippen LogP contribution in [-0.4, -0.2) is 25.4 Å². The number of nitrogens with two attached hydrogens (primary N) is 1. The van der Waals surface area contributed by atoms with Gasteiger partial charge in [-0.1, -0.05) is 6.07 Å². The zero-order valence-corrected chi connectivity index (χ0v) is 14.0. The van der Waals surface area contributed by atoms with E-state index in [-0.39, 0.29) is 24.4 Å². The third kappa shape index (κ3) is 5.09. The van der Waals surface area contributed by atoms with Gasteiger partial charge < -0.3 is 16.0 Å². The normalized spacial score (nSPS) is 11.7. The molecule has 5 nitrogen and oxygen atoms in total. The van der Waals surface area contributed by atoms with Crippen molar-refractivity contribution in [3.63, 3.8) is 0 Å². The minimum Gasteiger partial charge on any atom is -0.355 e. The fourth-order valence-electron chi connectivity index (χ4n) is 2.31. The second kappa shape index (κ2) is 8.34. The van der Waals surface area contributed by atoms with Gasteiger partial charge in [-0.05, 0) is 43.3 Å². The largest absolute Gasteiger partial charge is 0.355 e. The second-order valence-electron chi connectivity index (χ2n) is 5.61. The van der Waals surface area contributed by atoms with Gasteiger partial charge in [0.15, 0.2) is 18.2 Å². The maximum Gasteiger partial charge on any atom is 0.279 e. The molecule has 0 spiro atoms. The first-order chi connectivity index (χ1) is 11.9. The third-order valence-corrected chi connectivity index (χ3v) is 3.76. The maximum atomic E-state index is 13.3. The van der Waals surface area contributed by atoms with Gasteiger partial charge in [-0.25, -0.2) is 8.78 Å². The molecule has 0 heterocycles. The molecule has 0 saturated heterocycles. The zero-order chi connectivity index (χ0) is 18.4. The summed E-state index contributed by atoms with van der Waals surface area (Å²) >= 11 is 0. The smallest absolute Gasteiger partial charge is 0.279 e. The van der Waals surface area contributed by atoms with Crippen molar-refractivity contribution in [3.8, 4) is 0 Å². The molecule has 4 N–H and O–H groups in total. The van der Waals surface area contributed by atoms with Crippen LogP contribution in [0, 0.1) is 11.6 Å². The summed E-state index contributed by atoms with van der Waals surface area (Å²) < 4.78 is 26.2. The Hall–Kier alpha value is -2.80. The first-order valence-electron chi connectivity index (χ1n) is 7.81. The van der Waals surface area contributed by atoms with Crippen molar-refractivity contribution in [2.24, 2.45) is 0 Å². The van der Waals surface area contributed by atoms with Gasteiger partial charge in [0.2, 0.25) is 0 Å². The van der Waals surface area contributed by atoms with E-state index in [0.29, 0.717) is 16.8 Å². The Labute approximate surface area is 144 Å². The summed E-state index contributed by atoms with van der Waals surface area (Å²) in [6.45, 7) is 1.90. The Morgan fingerprint density at radius 2 is 1.88 bits per heavy atom. The maximum absolute atomic E-state index is 13.3. The lowest BCUT2D eigenvalue weighted by atomic mass is 10.1. The summed E-state index contributed by atoms with van der Waals surface area (Å²) in [4.78, 5) is 23.6. The first-order valence-corrected chi connectivity index (χ1v) is 7.81. The molecule has 0 aromatic heterocycles. The molecule has 0 bridgehead atoms. The summed E-state index contributed by atoms with van der Waals surface area (Å²) in [6, 6.07) is 10.1. The van der Waals surface area contributed by atoms with E-state index in [1.54, 1.807) is 36.5 Å². The van der Waals surface area contributed by atoms with Crippen molar-refractivity contribution in [3.05, 3.63) is 65.2 Å². The number of carbonyl (C=O) groups excluding carboxylic acids is 2. The van der Waals surface area contributed by atoms with Gasteiger partial charge in [0.1, 0.15) is 6.04 Å². The van der Waals surface area contributed by atoms with Crippen LogP contribution in [0.5, 0.6) is 0 Å². The molecule has 132 valence electrons. The number of hydrogen-bond donors (Lipinski definition) is 3. The average molecular weight is 348 g/mol. The van der Waals surface area contributed by atoms with E-state index in [4.69, 9.17) is 0 Å². The lowest BCUT2D eigenvalue weighted by molar-refractivity contribution is -0.682. The van der Waals surface area contributed by atoms with E-state index in [9.17, 15) is 18.4 Å². The van der Waals surface area contributed by atoms with Crippen LogP contribution in [0.4, 0.5) is 14.5 Å². The number of carbonyl (C=O) groups is 2. The first kappa shape index (κ1) is 18.5. The fraction of sp³-hybridized carbons (Fsp3) is 0.222. The van der Waals surface area contributed by atoms with Crippen molar-refractivity contribution in [2.45, 2.75) is 13.0 Å². The van der Waals surface area contributed by atoms with Crippen molar-refractivity contribution < 1.29 is 23.7 Å². The van der Waals surface area contributed by atoms with E-state index in [1.165, 1.54) is 13.1 Å². The van der Waals surface area contributed by atoms with Crippen LogP contribution in [0.3, 0.4) is 0 Å². The number of halogens is 2. The summed E-state index contributed by atoms with van der Waals surface area (Å²) in [5, 5.41) is 6.93. The van der Waals surface area contributed by atoms with E-state index < -0.39 is 11.6 Å². The van der Waals surface area contributed by atoms with Crippen molar-refractivity contribution in [1.82, 2.24) is 5.32 Å². The summed E-state index contributed by atoms with van der Waals surface area (Å²) in [7, 11) is 1.53. The number of hydrogen-bond acceptors (Lipinski definition) is 2. The molecule has 25 heavy (non-hydrogen) atoms. The summed E-state index contributed by atoms with van der Waals surface area (Å²) in [6.07, 6.45) is 0. The third-order valence-electron chi connectivity index (χ3n) is 3.76. The number of quaternary nitrogens is 1. The molecular formula is C18H20F2N3O2+. The topological polar surface area (TPSA) is 74.8 Å². The molecule has 0 unspecified atom stereocenters. The summed E-state index contributed by atoms with van der Waals surface area (Å²) in [5.41, 5.74) is 1.55. The van der Waals surface area contributed by atoms with Crippen molar-refractivity contribution in [2.75, 3.05) is 18.9 Å². The molecule has 1 atom stereocenters. The molecule has 0 aliphatic rings. The SMILES string of the molecule is CNC(=O)c1cccc(NC(=O)C[NH2+][C@H](C)c2ccc(F)c(F)c2)c1. The number of anilines is 1. The van der Waals surface area contributed by atoms with Gasteiger partial charge in [-0.15, -0.1) is 0 Å². The lowest BCUT2D eigenvalue weighted by Crippen LogP contribution is -2.86. The molecule has 0 aliphatic heterocycles. The van der Waals surface area contributed by atoms with Crippen LogP contribution in [0.25, 0.3) is 0 Å². The minimum atomic E-state index is -0.909. The van der Waals surface area contributed by atoms with E-state index in [2.05, 4.69) is 10.6 Å². The van der Waals surface area contributed by atoms with Gasteiger partial charge >= 0.3 is 0 Å². The average Bonchev–Trinajstić information content (AvgIpc) is 2.61. The predicted octanol–water partition coefficient (Wildman–Crippen LogP) is 1.59. The Morgan fingerprint density at radius 1 is 1.12 bits per heavy atom. The number of amides is 2. The Morgan fingerprint density at radius 3 is 2.56 bits per heavy atom. The molecule has 7 heteroatoms. The highest BCUT2D eigenvalue weighted by Gasteiger charge is 2.14. The molecule has 0 radical (unpaired) electrons. The molecule has 2 rings (SSSR count). The van der Waals surface area contributed by atoms with Crippen LogP contribution in [0.15, 0.2) is 42.5 Å². The fourth-order valence-corrected chi connectivity index (χ4v) is 2.31. The number of benzene rings is 2. The quantitative estimate of drug-likeness (QED) is 0.742. The molecular weight excluding hydrogens is 328 g/mol. The van der Waals surface area contributed by atoms with Crippen LogP contribution >= 0.6 is 0 Å². The highest BCUT2D eigenvalue weighted by Crippen LogP contribution is 2.13. The molecule has 2 aromatic carbocycles. The van der Waals surface area contributed by atoms with Crippen LogP contribution in [0.1, 0.15) is 28.9 Å². The van der Waals surface area contributed by atoms with Gasteiger partial charge in [0.25, 0.3) is 11.8 Å². The predicted molar refractivity (Wildman–Crippen MR) is 90.0 cm³/mol. The minimum absolute atomic E-state index is 0.102. The van der Waals surface area contributed by atoms with E-state index >= 15 is 0 Å². The van der Waals surface area contributed by atoms with E-state index in [0.717, 1.165) is 12.1 Å². The van der Waals surface area contributed by atoms with Crippen LogP contribution < -0.4 is 16.0 Å². The second-order valence-corrected chi connectivity index (χ2v) is 5.61. The number of nitrogens with one attached hydrogen (secondary N) is 2. The summed E-state index contributed by atoms with van der Waals surface area (Å²) in [5.74, 6) is -2.31. The van der Waals surface area contributed by atoms with Gasteiger partial charge in [0.05, 0.1) is 0 Å². The van der Waals surface area contributed by atoms with Gasteiger partial charge in [-0.2, -0.15) is 0 Å². The van der Waals surface area contributed by atoms with E-state index in [1.807, 2.05) is 0 Å². The van der Waals surface area contributed by atoms with Crippen molar-refractivity contribution >= 4 is 17.5 Å². The van der Waals surface area contributed by atoms with Crippen LogP contribution in [0.2, 0.25) is 0 Å². The lowest BCUT2D eigenvalue weighted by Gasteiger charge is -2.12. The molecule has 2 amide bonds. The van der Waals surface area contributed by atoms with Crippen molar-refractivity contribution in [1.29, 1.82) is 0 Å². The molecule has 2 aromatic rings. The molecule has 0 aliphatic carbocycles. The highest BCUT2D eigenvalue weighted by atomic mass is 19.2. The Kier molecular flexibility index (Phi) is 6.19. The zero-order valence-electron chi connectivity index (χ0n) is 14.0. The Balaban J connectivity index is 1.92. The molecule has 0 saturated carbocycles. The Bertz CT molecular complexity index is 781. The monoisotopic (exact) mass is 348 g/mol. The van der Waals surface area contributed by atoms with Crippen LogP contribution in [-0.2, 0) is 4.79 Å². The number of rotatable bonds is 6. The standard InChI is InChI=1S/C18H19F2N3O2/c1-11(12-6-7-15(19)16(20)9-12)22-10-17(24)23-14-5-3-4-13(8-14)18(25)21-2/h3-9,11,22H,10H2,1-2H3,(H,21,25)(H,23,24)/p+1/t11-/m1/s1.